The summed E-state index contributed by atoms with van der Waals surface area (Å²) in [5, 5.41) is 0. The molecular weight excluding hydrogens is 209 g/mol. The van der Waals surface area contributed by atoms with Crippen LogP contribution in [0.25, 0.3) is 0 Å². The van der Waals surface area contributed by atoms with Crippen LogP contribution in [0.3, 0.4) is 0 Å². The molecule has 7 heavy (non-hydrogen) atoms. The van der Waals surface area contributed by atoms with Gasteiger partial charge in [-0.1, -0.05) is 39.5 Å². The van der Waals surface area contributed by atoms with Crippen molar-refractivity contribution in [2.45, 2.75) is 39.5 Å². The summed E-state index contributed by atoms with van der Waals surface area (Å²) < 4.78 is 0. The molecule has 40 valence electrons. The molecule has 0 aromatic heterocycles. The summed E-state index contributed by atoms with van der Waals surface area (Å²) in [7, 11) is 0. The van der Waals surface area contributed by atoms with Crippen LogP contribution in [-0.4, -0.2) is 48.9 Å². The number of hydrogen-bond donors (Lipinski definition) is 0. The average molecular weight is 224 g/mol. The number of hydrogen-bond acceptors (Lipinski definition) is 0. The fourth-order valence-electron chi connectivity index (χ4n) is 0.500. The van der Waals surface area contributed by atoms with Gasteiger partial charge in [-0.3, -0.25) is 0 Å². The van der Waals surface area contributed by atoms with Crippen LogP contribution in [0, 0.1) is 0 Å². The molecule has 0 heterocycles. The Balaban J connectivity index is 0. The molecule has 0 unspecified atom stereocenters. The molecule has 0 bridgehead atoms. The van der Waals surface area contributed by atoms with E-state index in [9.17, 15) is 0 Å². The molecule has 0 rings (SSSR count). The number of rotatable bonds is 3. The molecule has 2 radical (unpaired) electrons. The molecule has 1 heteroatoms. The van der Waals surface area contributed by atoms with Crippen molar-refractivity contribution >= 4 is 48.9 Å². The van der Waals surface area contributed by atoms with Crippen molar-refractivity contribution in [3.63, 3.8) is 0 Å². The predicted octanol–water partition coefficient (Wildman–Crippen LogP) is 2.21. The minimum atomic E-state index is 0. The van der Waals surface area contributed by atoms with E-state index in [4.69, 9.17) is 0 Å². The van der Waals surface area contributed by atoms with Crippen LogP contribution in [0.15, 0.2) is 0 Å². The van der Waals surface area contributed by atoms with Gasteiger partial charge < -0.3 is 0 Å². The van der Waals surface area contributed by atoms with Crippen LogP contribution in [0.2, 0.25) is 0 Å². The van der Waals surface area contributed by atoms with E-state index in [1.54, 1.807) is 0 Å². The van der Waals surface area contributed by atoms with Gasteiger partial charge in [0.1, 0.15) is 0 Å². The van der Waals surface area contributed by atoms with Crippen LogP contribution >= 0.6 is 0 Å². The van der Waals surface area contributed by atoms with E-state index < -0.39 is 0 Å². The van der Waals surface area contributed by atoms with Crippen molar-refractivity contribution in [1.82, 2.24) is 0 Å². The summed E-state index contributed by atoms with van der Waals surface area (Å²) in [4.78, 5) is 0. The Morgan fingerprint density at radius 2 is 1.14 bits per heavy atom. The quantitative estimate of drug-likeness (QED) is 0.508. The third-order valence-corrected chi connectivity index (χ3v) is 0.957. The fraction of sp³-hybridized carbons (Fsp3) is 1.00. The molecule has 0 atom stereocenters. The first-order valence-corrected chi connectivity index (χ1v) is 2.91. The Morgan fingerprint density at radius 1 is 0.857 bits per heavy atom. The summed E-state index contributed by atoms with van der Waals surface area (Å²) in [5.41, 5.74) is 0. The van der Waals surface area contributed by atoms with E-state index in [0.29, 0.717) is 0 Å². The van der Waals surface area contributed by atoms with Crippen molar-refractivity contribution in [3.8, 4) is 0 Å². The SMILES string of the molecule is CCCCCC.[Ba]. The van der Waals surface area contributed by atoms with Crippen LogP contribution in [-0.2, 0) is 0 Å². The van der Waals surface area contributed by atoms with Gasteiger partial charge in [0, 0.05) is 48.9 Å². The van der Waals surface area contributed by atoms with Gasteiger partial charge in [0.25, 0.3) is 0 Å². The maximum atomic E-state index is 2.23. The van der Waals surface area contributed by atoms with Crippen LogP contribution in [0.4, 0.5) is 0 Å². The summed E-state index contributed by atoms with van der Waals surface area (Å²) in [6.07, 6.45) is 5.54. The van der Waals surface area contributed by atoms with E-state index in [0.717, 1.165) is 0 Å². The van der Waals surface area contributed by atoms with E-state index >= 15 is 0 Å². The van der Waals surface area contributed by atoms with Gasteiger partial charge in [0.2, 0.25) is 0 Å². The monoisotopic (exact) mass is 224 g/mol. The van der Waals surface area contributed by atoms with Crippen molar-refractivity contribution < 1.29 is 0 Å². The second-order valence-electron chi connectivity index (χ2n) is 1.71. The Morgan fingerprint density at radius 3 is 1.29 bits per heavy atom. The zero-order valence-electron chi connectivity index (χ0n) is 5.54. The topological polar surface area (TPSA) is 0 Å². The summed E-state index contributed by atoms with van der Waals surface area (Å²) in [6.45, 7) is 4.46. The van der Waals surface area contributed by atoms with Gasteiger partial charge in [0.05, 0.1) is 0 Å². The first-order valence-electron chi connectivity index (χ1n) is 2.91. The smallest absolute Gasteiger partial charge is 0 e. The Bertz CT molecular complexity index is 16.1. The summed E-state index contributed by atoms with van der Waals surface area (Å²) >= 11 is 0. The van der Waals surface area contributed by atoms with Crippen LogP contribution in [0.1, 0.15) is 39.5 Å². The molecule has 0 saturated carbocycles. The molecule has 0 aromatic carbocycles. The van der Waals surface area contributed by atoms with E-state index in [1.807, 2.05) is 0 Å². The molecule has 0 amide bonds. The largest absolute Gasteiger partial charge is 0.0654 e. The van der Waals surface area contributed by atoms with Crippen molar-refractivity contribution in [3.05, 3.63) is 0 Å². The normalized spacial score (nSPS) is 7.71. The Labute approximate surface area is 87.1 Å². The molecular formula is C6H14Ba. The van der Waals surface area contributed by atoms with Crippen molar-refractivity contribution in [2.24, 2.45) is 0 Å². The summed E-state index contributed by atoms with van der Waals surface area (Å²) in [6, 6.07) is 0. The molecule has 0 aromatic rings. The van der Waals surface area contributed by atoms with Crippen LogP contribution < -0.4 is 0 Å². The Hall–Kier alpha value is 1.57. The third-order valence-electron chi connectivity index (χ3n) is 0.957. The Kier molecular flexibility index (Phi) is 17.1. The zero-order chi connectivity index (χ0) is 4.83. The third kappa shape index (κ3) is 11.2. The van der Waals surface area contributed by atoms with Gasteiger partial charge in [0.15, 0.2) is 0 Å². The molecule has 0 aliphatic rings. The van der Waals surface area contributed by atoms with Gasteiger partial charge >= 0.3 is 0 Å². The fourth-order valence-corrected chi connectivity index (χ4v) is 0.500. The summed E-state index contributed by atoms with van der Waals surface area (Å²) in [5.74, 6) is 0. The zero-order valence-corrected chi connectivity index (χ0v) is 9.98. The van der Waals surface area contributed by atoms with Gasteiger partial charge in [-0.25, -0.2) is 0 Å². The van der Waals surface area contributed by atoms with E-state index in [1.165, 1.54) is 25.7 Å². The predicted molar refractivity (Wildman–Crippen MR) is 35.6 cm³/mol. The van der Waals surface area contributed by atoms with Crippen molar-refractivity contribution in [1.29, 1.82) is 0 Å². The van der Waals surface area contributed by atoms with E-state index in [2.05, 4.69) is 13.8 Å². The van der Waals surface area contributed by atoms with E-state index in [-0.39, 0.29) is 48.9 Å². The maximum absolute atomic E-state index is 2.23. The minimum Gasteiger partial charge on any atom is -0.0654 e. The molecule has 0 saturated heterocycles. The minimum absolute atomic E-state index is 0. The van der Waals surface area contributed by atoms with Gasteiger partial charge in [-0.2, -0.15) is 0 Å². The maximum Gasteiger partial charge on any atom is 0 e. The standard InChI is InChI=1S/C6H14.Ba/c1-3-5-6-4-2;/h3-6H2,1-2H3;. The van der Waals surface area contributed by atoms with Crippen molar-refractivity contribution in [2.75, 3.05) is 0 Å². The molecule has 0 nitrogen and oxygen atoms in total. The molecule has 0 aliphatic heterocycles. The molecule has 0 aliphatic carbocycles. The van der Waals surface area contributed by atoms with Gasteiger partial charge in [-0.05, 0) is 0 Å². The first-order chi connectivity index (χ1) is 2.91. The van der Waals surface area contributed by atoms with Crippen LogP contribution in [0.5, 0.6) is 0 Å². The second kappa shape index (κ2) is 10.5. The first kappa shape index (κ1) is 11.4. The van der Waals surface area contributed by atoms with Gasteiger partial charge in [-0.15, -0.1) is 0 Å². The molecule has 0 N–H and O–H groups in total. The average Bonchev–Trinajstić information content (AvgIpc) is 1.61. The number of unbranched alkanes of at least 4 members (excludes halogenated alkanes) is 3. The second-order valence-corrected chi connectivity index (χ2v) is 1.71. The molecule has 0 fully saturated rings. The molecule has 0 spiro atoms.